The molecule has 0 N–H and O–H groups in total. The molecule has 1 fully saturated rings. The van der Waals surface area contributed by atoms with Crippen LogP contribution in [0.5, 0.6) is 0 Å². The van der Waals surface area contributed by atoms with Crippen molar-refractivity contribution in [3.63, 3.8) is 0 Å². The Hall–Kier alpha value is -0.610. The van der Waals surface area contributed by atoms with Gasteiger partial charge in [0.1, 0.15) is 6.33 Å². The van der Waals surface area contributed by atoms with Gasteiger partial charge in [0, 0.05) is 18.1 Å². The molecule has 1 aliphatic rings. The molecule has 0 bridgehead atoms. The average Bonchev–Trinajstić information content (AvgIpc) is 2.54. The van der Waals surface area contributed by atoms with Crippen LogP contribution in [0.2, 0.25) is 0 Å². The maximum absolute atomic E-state index is 5.47. The van der Waals surface area contributed by atoms with Crippen LogP contribution in [-0.4, -0.2) is 27.9 Å². The zero-order chi connectivity index (χ0) is 9.10. The van der Waals surface area contributed by atoms with Crippen molar-refractivity contribution in [2.24, 2.45) is 0 Å². The Labute approximate surface area is 81.9 Å². The lowest BCUT2D eigenvalue weighted by Gasteiger charge is -2.11. The highest BCUT2D eigenvalue weighted by molar-refractivity contribution is 7.99. The van der Waals surface area contributed by atoms with E-state index in [0.29, 0.717) is 11.4 Å². The molecule has 2 unspecified atom stereocenters. The summed E-state index contributed by atoms with van der Waals surface area (Å²) in [7, 11) is 0. The maximum atomic E-state index is 5.47. The molecule has 2 heterocycles. The Kier molecular flexibility index (Phi) is 2.80. The van der Waals surface area contributed by atoms with Crippen LogP contribution in [0.4, 0.5) is 0 Å². The molecule has 1 aliphatic heterocycles. The number of ether oxygens (including phenoxy) is 1. The molecule has 0 aromatic carbocycles. The van der Waals surface area contributed by atoms with Gasteiger partial charge < -0.3 is 4.74 Å². The fraction of sp³-hybridized carbons (Fsp3) is 0.556. The first kappa shape index (κ1) is 8.97. The lowest BCUT2D eigenvalue weighted by molar-refractivity contribution is 0.127. The van der Waals surface area contributed by atoms with Gasteiger partial charge in [0.15, 0.2) is 0 Å². The summed E-state index contributed by atoms with van der Waals surface area (Å²) in [6.07, 6.45) is 4.83. The van der Waals surface area contributed by atoms with Crippen molar-refractivity contribution in [3.05, 3.63) is 18.6 Å². The summed E-state index contributed by atoms with van der Waals surface area (Å²) >= 11 is 1.78. The molecular formula is C9H12N2OS. The fourth-order valence-corrected chi connectivity index (χ4v) is 2.41. The van der Waals surface area contributed by atoms with Crippen molar-refractivity contribution in [2.75, 3.05) is 6.61 Å². The van der Waals surface area contributed by atoms with Crippen molar-refractivity contribution < 1.29 is 4.74 Å². The Balaban J connectivity index is 1.98. The van der Waals surface area contributed by atoms with E-state index in [2.05, 4.69) is 16.9 Å². The van der Waals surface area contributed by atoms with Crippen LogP contribution in [0, 0.1) is 0 Å². The highest BCUT2D eigenvalue weighted by Gasteiger charge is 2.25. The monoisotopic (exact) mass is 196 g/mol. The van der Waals surface area contributed by atoms with E-state index < -0.39 is 0 Å². The molecule has 0 amide bonds. The minimum Gasteiger partial charge on any atom is -0.377 e. The van der Waals surface area contributed by atoms with Gasteiger partial charge in [-0.2, -0.15) is 0 Å². The van der Waals surface area contributed by atoms with Gasteiger partial charge >= 0.3 is 0 Å². The van der Waals surface area contributed by atoms with E-state index in [1.807, 2.05) is 6.07 Å². The van der Waals surface area contributed by atoms with Crippen LogP contribution in [0.3, 0.4) is 0 Å². The highest BCUT2D eigenvalue weighted by atomic mass is 32.2. The number of rotatable bonds is 2. The molecule has 2 atom stereocenters. The average molecular weight is 196 g/mol. The lowest BCUT2D eigenvalue weighted by atomic mass is 10.3. The quantitative estimate of drug-likeness (QED) is 0.675. The molecule has 0 radical (unpaired) electrons. The summed E-state index contributed by atoms with van der Waals surface area (Å²) in [4.78, 5) is 8.06. The fourth-order valence-electron chi connectivity index (χ4n) is 1.37. The van der Waals surface area contributed by atoms with Gasteiger partial charge in [-0.15, -0.1) is 11.8 Å². The first-order chi connectivity index (χ1) is 6.36. The second kappa shape index (κ2) is 4.07. The summed E-state index contributed by atoms with van der Waals surface area (Å²) < 4.78 is 5.47. The van der Waals surface area contributed by atoms with Gasteiger partial charge in [0.25, 0.3) is 0 Å². The van der Waals surface area contributed by atoms with E-state index in [1.54, 1.807) is 24.3 Å². The lowest BCUT2D eigenvalue weighted by Crippen LogP contribution is -2.13. The summed E-state index contributed by atoms with van der Waals surface area (Å²) in [6, 6.07) is 1.94. The molecule has 0 aliphatic carbocycles. The summed E-state index contributed by atoms with van der Waals surface area (Å²) in [6.45, 7) is 3.00. The van der Waals surface area contributed by atoms with Crippen LogP contribution >= 0.6 is 11.8 Å². The predicted octanol–water partition coefficient (Wildman–Crippen LogP) is 1.75. The Morgan fingerprint density at radius 3 is 3.15 bits per heavy atom. The van der Waals surface area contributed by atoms with E-state index in [4.69, 9.17) is 4.74 Å². The van der Waals surface area contributed by atoms with E-state index in [9.17, 15) is 0 Å². The molecule has 0 spiro atoms. The molecule has 3 nitrogen and oxygen atoms in total. The van der Waals surface area contributed by atoms with Crippen molar-refractivity contribution >= 4 is 11.8 Å². The Morgan fingerprint density at radius 2 is 2.54 bits per heavy atom. The van der Waals surface area contributed by atoms with E-state index in [-0.39, 0.29) is 0 Å². The van der Waals surface area contributed by atoms with Crippen LogP contribution in [-0.2, 0) is 4.74 Å². The maximum Gasteiger partial charge on any atom is 0.116 e. The highest BCUT2D eigenvalue weighted by Crippen LogP contribution is 2.30. The van der Waals surface area contributed by atoms with Crippen molar-refractivity contribution in [3.8, 4) is 0 Å². The smallest absolute Gasteiger partial charge is 0.116 e. The van der Waals surface area contributed by atoms with Gasteiger partial charge in [-0.3, -0.25) is 0 Å². The first-order valence-electron chi connectivity index (χ1n) is 4.40. The summed E-state index contributed by atoms with van der Waals surface area (Å²) in [5.74, 6) is 0. The largest absolute Gasteiger partial charge is 0.377 e. The number of aromatic nitrogens is 2. The van der Waals surface area contributed by atoms with Crippen molar-refractivity contribution in [2.45, 2.75) is 29.7 Å². The topological polar surface area (TPSA) is 35.0 Å². The van der Waals surface area contributed by atoms with Gasteiger partial charge in [-0.1, -0.05) is 0 Å². The predicted molar refractivity (Wildman–Crippen MR) is 51.7 cm³/mol. The van der Waals surface area contributed by atoms with Crippen LogP contribution in [0.25, 0.3) is 0 Å². The molecular weight excluding hydrogens is 184 g/mol. The Morgan fingerprint density at radius 1 is 1.62 bits per heavy atom. The zero-order valence-electron chi connectivity index (χ0n) is 7.51. The molecule has 1 aromatic heterocycles. The zero-order valence-corrected chi connectivity index (χ0v) is 8.33. The van der Waals surface area contributed by atoms with Gasteiger partial charge in [0.2, 0.25) is 0 Å². The number of nitrogens with zero attached hydrogens (tertiary/aromatic N) is 2. The molecule has 4 heteroatoms. The number of thioether (sulfide) groups is 1. The minimum atomic E-state index is 0.347. The van der Waals surface area contributed by atoms with Gasteiger partial charge in [-0.25, -0.2) is 9.97 Å². The van der Waals surface area contributed by atoms with Gasteiger partial charge in [-0.05, 0) is 19.4 Å². The molecule has 13 heavy (non-hydrogen) atoms. The van der Waals surface area contributed by atoms with Crippen molar-refractivity contribution in [1.82, 2.24) is 9.97 Å². The minimum absolute atomic E-state index is 0.347. The summed E-state index contributed by atoms with van der Waals surface area (Å²) in [5.41, 5.74) is 0. The number of hydrogen-bond acceptors (Lipinski definition) is 4. The van der Waals surface area contributed by atoms with Crippen LogP contribution < -0.4 is 0 Å². The normalized spacial score (nSPS) is 27.8. The molecule has 70 valence electrons. The standard InChI is InChI=1S/C9H12N2OS/c1-7-8(3-5-12-7)13-9-2-4-10-6-11-9/h2,4,6-8H,3,5H2,1H3. The molecule has 2 rings (SSSR count). The van der Waals surface area contributed by atoms with Gasteiger partial charge in [0.05, 0.1) is 11.1 Å². The first-order valence-corrected chi connectivity index (χ1v) is 5.28. The second-order valence-electron chi connectivity index (χ2n) is 3.07. The van der Waals surface area contributed by atoms with Crippen LogP contribution in [0.15, 0.2) is 23.6 Å². The van der Waals surface area contributed by atoms with Crippen LogP contribution in [0.1, 0.15) is 13.3 Å². The van der Waals surface area contributed by atoms with E-state index >= 15 is 0 Å². The third-order valence-corrected chi connectivity index (χ3v) is 3.54. The second-order valence-corrected chi connectivity index (χ2v) is 4.33. The summed E-state index contributed by atoms with van der Waals surface area (Å²) in [5, 5.41) is 1.59. The SMILES string of the molecule is CC1OCCC1Sc1ccncn1. The molecule has 1 saturated heterocycles. The Bertz CT molecular complexity index is 268. The molecule has 1 aromatic rings. The third kappa shape index (κ3) is 2.19. The number of hydrogen-bond donors (Lipinski definition) is 0. The molecule has 0 saturated carbocycles. The van der Waals surface area contributed by atoms with Crippen molar-refractivity contribution in [1.29, 1.82) is 0 Å². The van der Waals surface area contributed by atoms with E-state index in [1.165, 1.54) is 0 Å². The third-order valence-electron chi connectivity index (χ3n) is 2.13. The van der Waals surface area contributed by atoms with E-state index in [0.717, 1.165) is 18.1 Å².